The summed E-state index contributed by atoms with van der Waals surface area (Å²) in [6.07, 6.45) is 0.561. The topological polar surface area (TPSA) is 102 Å². The Kier molecular flexibility index (Phi) is 5.13. The molecule has 1 unspecified atom stereocenters. The third kappa shape index (κ3) is 4.42. The molecule has 0 aliphatic rings. The Morgan fingerprint density at radius 3 is 2.50 bits per heavy atom. The molecule has 18 heavy (non-hydrogen) atoms. The van der Waals surface area contributed by atoms with Crippen LogP contribution in [0, 0.1) is 0 Å². The number of carbonyl (C=O) groups excluding carboxylic acids is 1. The van der Waals surface area contributed by atoms with Crippen LogP contribution in [-0.4, -0.2) is 29.6 Å². The summed E-state index contributed by atoms with van der Waals surface area (Å²) < 4.78 is 4.96. The maximum absolute atomic E-state index is 11.5. The summed E-state index contributed by atoms with van der Waals surface area (Å²) in [6, 6.07) is 5.87. The number of rotatable bonds is 6. The van der Waals surface area contributed by atoms with E-state index in [4.69, 9.17) is 15.6 Å². The second kappa shape index (κ2) is 6.61. The minimum atomic E-state index is -1.04. The van der Waals surface area contributed by atoms with Crippen molar-refractivity contribution >= 4 is 17.6 Å². The molecule has 0 saturated carbocycles. The van der Waals surface area contributed by atoms with Crippen molar-refractivity contribution in [3.05, 3.63) is 24.3 Å². The molecule has 4 N–H and O–H groups in total. The predicted molar refractivity (Wildman–Crippen MR) is 66.5 cm³/mol. The second-order valence-electron chi connectivity index (χ2n) is 3.71. The molecular weight excluding hydrogens is 236 g/mol. The number of hydrogen-bond donors (Lipinski definition) is 3. The number of carbonyl (C=O) groups is 2. The number of benzene rings is 1. The largest absolute Gasteiger partial charge is 0.482 e. The maximum Gasteiger partial charge on any atom is 0.341 e. The first-order valence-electron chi connectivity index (χ1n) is 5.54. The molecule has 1 aromatic rings. The van der Waals surface area contributed by atoms with Gasteiger partial charge in [0.2, 0.25) is 5.91 Å². The molecule has 6 nitrogen and oxygen atoms in total. The molecule has 0 spiro atoms. The van der Waals surface area contributed by atoms with Crippen molar-refractivity contribution in [2.24, 2.45) is 5.73 Å². The van der Waals surface area contributed by atoms with Gasteiger partial charge in [-0.2, -0.15) is 0 Å². The van der Waals surface area contributed by atoms with E-state index in [0.717, 1.165) is 0 Å². The van der Waals surface area contributed by atoms with Crippen molar-refractivity contribution in [1.82, 2.24) is 0 Å². The highest BCUT2D eigenvalue weighted by molar-refractivity contribution is 5.94. The fourth-order valence-corrected chi connectivity index (χ4v) is 1.20. The van der Waals surface area contributed by atoms with E-state index < -0.39 is 18.6 Å². The van der Waals surface area contributed by atoms with Crippen LogP contribution in [0.1, 0.15) is 13.3 Å². The van der Waals surface area contributed by atoms with Crippen LogP contribution in [0.15, 0.2) is 24.3 Å². The Balaban J connectivity index is 2.55. The Morgan fingerprint density at radius 2 is 2.00 bits per heavy atom. The Morgan fingerprint density at radius 1 is 1.39 bits per heavy atom. The summed E-state index contributed by atoms with van der Waals surface area (Å²) in [7, 11) is 0. The van der Waals surface area contributed by atoms with Gasteiger partial charge in [0, 0.05) is 5.69 Å². The third-order valence-electron chi connectivity index (χ3n) is 2.26. The van der Waals surface area contributed by atoms with Gasteiger partial charge < -0.3 is 20.9 Å². The van der Waals surface area contributed by atoms with Crippen LogP contribution in [-0.2, 0) is 9.59 Å². The number of ether oxygens (including phenoxy) is 1. The SMILES string of the molecule is CCC(N)C(=O)Nc1ccc(OCC(=O)O)cc1. The summed E-state index contributed by atoms with van der Waals surface area (Å²) in [5.41, 5.74) is 6.16. The van der Waals surface area contributed by atoms with Gasteiger partial charge in [0.15, 0.2) is 6.61 Å². The number of anilines is 1. The highest BCUT2D eigenvalue weighted by Gasteiger charge is 2.10. The number of carboxylic acid groups (broad SMARTS) is 1. The van der Waals surface area contributed by atoms with Gasteiger partial charge in [-0.3, -0.25) is 4.79 Å². The summed E-state index contributed by atoms with van der Waals surface area (Å²) in [5.74, 6) is -0.867. The predicted octanol–water partition coefficient (Wildman–Crippen LogP) is 0.826. The van der Waals surface area contributed by atoms with Gasteiger partial charge in [-0.15, -0.1) is 0 Å². The molecule has 0 radical (unpaired) electrons. The Labute approximate surface area is 105 Å². The molecule has 0 fully saturated rings. The lowest BCUT2D eigenvalue weighted by Crippen LogP contribution is -2.34. The van der Waals surface area contributed by atoms with Gasteiger partial charge in [0.1, 0.15) is 5.75 Å². The van der Waals surface area contributed by atoms with Crippen LogP contribution >= 0.6 is 0 Å². The van der Waals surface area contributed by atoms with Crippen LogP contribution in [0.5, 0.6) is 5.75 Å². The van der Waals surface area contributed by atoms with Crippen LogP contribution < -0.4 is 15.8 Å². The Bertz CT molecular complexity index is 417. The van der Waals surface area contributed by atoms with E-state index in [-0.39, 0.29) is 5.91 Å². The van der Waals surface area contributed by atoms with Crippen molar-refractivity contribution in [2.45, 2.75) is 19.4 Å². The van der Waals surface area contributed by atoms with Gasteiger partial charge in [-0.05, 0) is 30.7 Å². The lowest BCUT2D eigenvalue weighted by Gasteiger charge is -2.10. The molecule has 1 amide bonds. The summed E-state index contributed by atoms with van der Waals surface area (Å²) in [4.78, 5) is 21.8. The summed E-state index contributed by atoms with van der Waals surface area (Å²) in [5, 5.41) is 11.1. The monoisotopic (exact) mass is 252 g/mol. The van der Waals surface area contributed by atoms with Crippen molar-refractivity contribution in [3.8, 4) is 5.75 Å². The van der Waals surface area contributed by atoms with E-state index in [1.807, 2.05) is 6.92 Å². The molecule has 1 aromatic carbocycles. The van der Waals surface area contributed by atoms with Gasteiger partial charge in [0.25, 0.3) is 0 Å². The van der Waals surface area contributed by atoms with E-state index in [1.165, 1.54) is 0 Å². The van der Waals surface area contributed by atoms with E-state index in [0.29, 0.717) is 17.9 Å². The van der Waals surface area contributed by atoms with E-state index in [1.54, 1.807) is 24.3 Å². The number of nitrogens with one attached hydrogen (secondary N) is 1. The third-order valence-corrected chi connectivity index (χ3v) is 2.26. The minimum Gasteiger partial charge on any atom is -0.482 e. The summed E-state index contributed by atoms with van der Waals surface area (Å²) in [6.45, 7) is 1.43. The van der Waals surface area contributed by atoms with Gasteiger partial charge in [-0.1, -0.05) is 6.92 Å². The fraction of sp³-hybridized carbons (Fsp3) is 0.333. The van der Waals surface area contributed by atoms with Crippen LogP contribution in [0.3, 0.4) is 0 Å². The zero-order valence-electron chi connectivity index (χ0n) is 10.1. The second-order valence-corrected chi connectivity index (χ2v) is 3.71. The molecule has 0 aliphatic heterocycles. The molecule has 0 heterocycles. The molecular formula is C12H16N2O4. The number of carboxylic acids is 1. The molecule has 0 aliphatic carbocycles. The average molecular weight is 252 g/mol. The Hall–Kier alpha value is -2.08. The van der Waals surface area contributed by atoms with Gasteiger partial charge >= 0.3 is 5.97 Å². The van der Waals surface area contributed by atoms with Crippen molar-refractivity contribution in [2.75, 3.05) is 11.9 Å². The standard InChI is InChI=1S/C12H16N2O4/c1-2-10(13)12(17)14-8-3-5-9(6-4-8)18-7-11(15)16/h3-6,10H,2,7,13H2,1H3,(H,14,17)(H,15,16). The fourth-order valence-electron chi connectivity index (χ4n) is 1.20. The smallest absolute Gasteiger partial charge is 0.341 e. The number of amides is 1. The molecule has 0 bridgehead atoms. The first-order chi connectivity index (χ1) is 8.52. The normalized spacial score (nSPS) is 11.7. The molecule has 0 saturated heterocycles. The van der Waals surface area contributed by atoms with Crippen molar-refractivity contribution in [1.29, 1.82) is 0 Å². The molecule has 98 valence electrons. The zero-order valence-corrected chi connectivity index (χ0v) is 10.1. The quantitative estimate of drug-likeness (QED) is 0.696. The zero-order chi connectivity index (χ0) is 13.5. The maximum atomic E-state index is 11.5. The highest BCUT2D eigenvalue weighted by Crippen LogP contribution is 2.15. The molecule has 1 atom stereocenters. The molecule has 6 heteroatoms. The first-order valence-corrected chi connectivity index (χ1v) is 5.54. The van der Waals surface area contributed by atoms with Crippen LogP contribution in [0.25, 0.3) is 0 Å². The minimum absolute atomic E-state index is 0.253. The van der Waals surface area contributed by atoms with Gasteiger partial charge in [0.05, 0.1) is 6.04 Å². The van der Waals surface area contributed by atoms with Crippen LogP contribution in [0.2, 0.25) is 0 Å². The molecule has 0 aromatic heterocycles. The van der Waals surface area contributed by atoms with Crippen LogP contribution in [0.4, 0.5) is 5.69 Å². The highest BCUT2D eigenvalue weighted by atomic mass is 16.5. The van der Waals surface area contributed by atoms with Crippen molar-refractivity contribution < 1.29 is 19.4 Å². The summed E-state index contributed by atoms with van der Waals surface area (Å²) >= 11 is 0. The number of nitrogens with two attached hydrogens (primary N) is 1. The van der Waals surface area contributed by atoms with Gasteiger partial charge in [-0.25, -0.2) is 4.79 Å². The average Bonchev–Trinajstić information content (AvgIpc) is 2.36. The molecule has 1 rings (SSSR count). The van der Waals surface area contributed by atoms with E-state index >= 15 is 0 Å². The lowest BCUT2D eigenvalue weighted by molar-refractivity contribution is -0.139. The number of hydrogen-bond acceptors (Lipinski definition) is 4. The lowest BCUT2D eigenvalue weighted by atomic mass is 10.2. The van der Waals surface area contributed by atoms with E-state index in [2.05, 4.69) is 5.32 Å². The van der Waals surface area contributed by atoms with Crippen molar-refractivity contribution in [3.63, 3.8) is 0 Å². The number of aliphatic carboxylic acids is 1. The first kappa shape index (κ1) is 14.0. The van der Waals surface area contributed by atoms with E-state index in [9.17, 15) is 9.59 Å².